The molecule has 1 atom stereocenters. The molecule has 0 aliphatic heterocycles. The van der Waals surface area contributed by atoms with Crippen molar-refractivity contribution in [3.8, 4) is 0 Å². The Bertz CT molecular complexity index is 416. The van der Waals surface area contributed by atoms with Crippen LogP contribution in [0.3, 0.4) is 0 Å². The fraction of sp³-hybridized carbons (Fsp3) is 0.500. The molecule has 0 spiro atoms. The third kappa shape index (κ3) is 4.04. The van der Waals surface area contributed by atoms with E-state index in [4.69, 9.17) is 10.8 Å². The first-order chi connectivity index (χ1) is 8.41. The summed E-state index contributed by atoms with van der Waals surface area (Å²) in [4.78, 5) is 12.7. The van der Waals surface area contributed by atoms with Crippen molar-refractivity contribution < 1.29 is 9.90 Å². The van der Waals surface area contributed by atoms with E-state index in [1.165, 1.54) is 16.8 Å². The Morgan fingerprint density at radius 2 is 2.11 bits per heavy atom. The number of carboxylic acids is 1. The lowest BCUT2D eigenvalue weighted by atomic mass is 10.0. The van der Waals surface area contributed by atoms with Crippen molar-refractivity contribution in [2.24, 2.45) is 5.73 Å². The van der Waals surface area contributed by atoms with Gasteiger partial charge in [0, 0.05) is 19.8 Å². The topological polar surface area (TPSA) is 66.6 Å². The number of nitrogens with zero attached hydrogens (tertiary/aromatic N) is 1. The Morgan fingerprint density at radius 3 is 2.67 bits per heavy atom. The van der Waals surface area contributed by atoms with E-state index in [2.05, 4.69) is 30.0 Å². The quantitative estimate of drug-likeness (QED) is 0.808. The van der Waals surface area contributed by atoms with Gasteiger partial charge in [0.15, 0.2) is 0 Å². The summed E-state index contributed by atoms with van der Waals surface area (Å²) in [6.45, 7) is 2.07. The fourth-order valence-corrected chi connectivity index (χ4v) is 1.94. The third-order valence-corrected chi connectivity index (χ3v) is 3.00. The lowest BCUT2D eigenvalue weighted by Gasteiger charge is -2.18. The number of carboxylic acid groups (broad SMARTS) is 1. The molecule has 0 amide bonds. The van der Waals surface area contributed by atoms with Crippen molar-refractivity contribution in [2.45, 2.75) is 32.2 Å². The lowest BCUT2D eigenvalue weighted by molar-refractivity contribution is -0.138. The second kappa shape index (κ2) is 6.40. The van der Waals surface area contributed by atoms with Crippen LogP contribution < -0.4 is 10.6 Å². The van der Waals surface area contributed by atoms with Gasteiger partial charge in [-0.1, -0.05) is 12.1 Å². The zero-order valence-corrected chi connectivity index (χ0v) is 11.3. The van der Waals surface area contributed by atoms with Gasteiger partial charge in [-0.25, -0.2) is 0 Å². The first-order valence-electron chi connectivity index (χ1n) is 6.17. The molecule has 0 aromatic heterocycles. The summed E-state index contributed by atoms with van der Waals surface area (Å²) in [5.41, 5.74) is 9.15. The number of hydrogen-bond acceptors (Lipinski definition) is 3. The number of hydrogen-bond donors (Lipinski definition) is 2. The minimum atomic E-state index is -0.924. The molecule has 0 aliphatic carbocycles. The zero-order chi connectivity index (χ0) is 13.7. The van der Waals surface area contributed by atoms with Gasteiger partial charge in [-0.15, -0.1) is 0 Å². The van der Waals surface area contributed by atoms with Crippen molar-refractivity contribution in [3.63, 3.8) is 0 Å². The Labute approximate surface area is 108 Å². The lowest BCUT2D eigenvalue weighted by Crippen LogP contribution is -2.29. The molecule has 18 heavy (non-hydrogen) atoms. The monoisotopic (exact) mass is 250 g/mol. The summed E-state index contributed by atoms with van der Waals surface area (Å²) < 4.78 is 0. The minimum Gasteiger partial charge on any atom is -0.480 e. The van der Waals surface area contributed by atoms with Gasteiger partial charge >= 0.3 is 5.97 Å². The summed E-state index contributed by atoms with van der Waals surface area (Å²) >= 11 is 0. The predicted octanol–water partition coefficient (Wildman–Crippen LogP) is 1.80. The molecule has 4 heteroatoms. The second-order valence-electron chi connectivity index (χ2n) is 4.86. The van der Waals surface area contributed by atoms with Gasteiger partial charge < -0.3 is 15.7 Å². The van der Waals surface area contributed by atoms with Gasteiger partial charge in [-0.05, 0) is 43.4 Å². The molecule has 0 radical (unpaired) electrons. The molecule has 0 saturated heterocycles. The molecule has 0 saturated carbocycles. The molecular formula is C14H22N2O2. The molecule has 0 heterocycles. The van der Waals surface area contributed by atoms with Crippen molar-refractivity contribution in [1.82, 2.24) is 0 Å². The van der Waals surface area contributed by atoms with Gasteiger partial charge in [0.25, 0.3) is 0 Å². The Hall–Kier alpha value is -1.55. The molecular weight excluding hydrogens is 228 g/mol. The first kappa shape index (κ1) is 14.5. The van der Waals surface area contributed by atoms with E-state index in [1.807, 2.05) is 14.1 Å². The van der Waals surface area contributed by atoms with Crippen molar-refractivity contribution in [1.29, 1.82) is 0 Å². The van der Waals surface area contributed by atoms with Crippen LogP contribution in [0.4, 0.5) is 5.69 Å². The number of carbonyl (C=O) groups is 1. The summed E-state index contributed by atoms with van der Waals surface area (Å²) in [5.74, 6) is -0.924. The van der Waals surface area contributed by atoms with Crippen LogP contribution in [-0.4, -0.2) is 31.2 Å². The number of benzene rings is 1. The van der Waals surface area contributed by atoms with E-state index >= 15 is 0 Å². The Morgan fingerprint density at radius 1 is 1.44 bits per heavy atom. The fourth-order valence-electron chi connectivity index (χ4n) is 1.94. The van der Waals surface area contributed by atoms with Crippen LogP contribution in [0, 0.1) is 6.92 Å². The van der Waals surface area contributed by atoms with Crippen molar-refractivity contribution in [3.05, 3.63) is 29.3 Å². The summed E-state index contributed by atoms with van der Waals surface area (Å²) in [6, 6.07) is 5.58. The van der Waals surface area contributed by atoms with Crippen LogP contribution in [0.25, 0.3) is 0 Å². The maximum absolute atomic E-state index is 10.6. The highest BCUT2D eigenvalue weighted by Crippen LogP contribution is 2.22. The number of aryl methyl sites for hydroxylation is 2. The number of rotatable bonds is 6. The van der Waals surface area contributed by atoms with E-state index in [1.54, 1.807) is 0 Å². The number of anilines is 1. The van der Waals surface area contributed by atoms with E-state index in [-0.39, 0.29) is 0 Å². The van der Waals surface area contributed by atoms with Crippen LogP contribution >= 0.6 is 0 Å². The highest BCUT2D eigenvalue weighted by atomic mass is 16.4. The molecule has 1 aromatic carbocycles. The molecule has 1 rings (SSSR count). The average Bonchev–Trinajstić information content (AvgIpc) is 2.30. The number of nitrogens with two attached hydrogens (primary N) is 1. The van der Waals surface area contributed by atoms with Gasteiger partial charge in [0.1, 0.15) is 6.04 Å². The zero-order valence-electron chi connectivity index (χ0n) is 11.3. The largest absolute Gasteiger partial charge is 0.480 e. The van der Waals surface area contributed by atoms with Crippen LogP contribution in [0.15, 0.2) is 18.2 Å². The Balaban J connectivity index is 2.64. The Kier molecular flexibility index (Phi) is 5.16. The van der Waals surface area contributed by atoms with Gasteiger partial charge in [0.2, 0.25) is 0 Å². The molecule has 0 fully saturated rings. The van der Waals surface area contributed by atoms with Crippen LogP contribution in [-0.2, 0) is 11.2 Å². The van der Waals surface area contributed by atoms with E-state index < -0.39 is 12.0 Å². The number of aliphatic carboxylic acids is 1. The average molecular weight is 250 g/mol. The summed E-state index contributed by atoms with van der Waals surface area (Å²) in [6.07, 6.45) is 2.15. The highest BCUT2D eigenvalue weighted by molar-refractivity contribution is 5.72. The summed E-state index contributed by atoms with van der Waals surface area (Å²) in [7, 11) is 4.03. The molecule has 1 aromatic rings. The van der Waals surface area contributed by atoms with Crippen molar-refractivity contribution >= 4 is 11.7 Å². The first-order valence-corrected chi connectivity index (χ1v) is 6.17. The maximum atomic E-state index is 10.6. The standard InChI is InChI=1S/C14H22N2O2/c1-10-7-8-11(13(9-10)16(2)3)5-4-6-12(15)14(17)18/h7-9,12H,4-6,15H2,1-3H3,(H,17,18). The molecule has 3 N–H and O–H groups in total. The highest BCUT2D eigenvalue weighted by Gasteiger charge is 2.11. The third-order valence-electron chi connectivity index (χ3n) is 3.00. The van der Waals surface area contributed by atoms with Crippen LogP contribution in [0.1, 0.15) is 24.0 Å². The second-order valence-corrected chi connectivity index (χ2v) is 4.86. The van der Waals surface area contributed by atoms with Gasteiger partial charge in [-0.2, -0.15) is 0 Å². The molecule has 0 bridgehead atoms. The normalized spacial score (nSPS) is 12.2. The van der Waals surface area contributed by atoms with Crippen LogP contribution in [0.2, 0.25) is 0 Å². The summed E-state index contributed by atoms with van der Waals surface area (Å²) in [5, 5.41) is 8.73. The minimum absolute atomic E-state index is 0.510. The van der Waals surface area contributed by atoms with E-state index in [9.17, 15) is 4.79 Å². The maximum Gasteiger partial charge on any atom is 0.320 e. The SMILES string of the molecule is Cc1ccc(CCCC(N)C(=O)O)c(N(C)C)c1. The van der Waals surface area contributed by atoms with Crippen molar-refractivity contribution in [2.75, 3.05) is 19.0 Å². The molecule has 1 unspecified atom stereocenters. The predicted molar refractivity (Wildman–Crippen MR) is 74.1 cm³/mol. The van der Waals surface area contributed by atoms with Gasteiger partial charge in [-0.3, -0.25) is 4.79 Å². The smallest absolute Gasteiger partial charge is 0.320 e. The van der Waals surface area contributed by atoms with Crippen LogP contribution in [0.5, 0.6) is 0 Å². The molecule has 100 valence electrons. The molecule has 4 nitrogen and oxygen atoms in total. The molecule has 0 aliphatic rings. The van der Waals surface area contributed by atoms with Gasteiger partial charge in [0.05, 0.1) is 0 Å². The van der Waals surface area contributed by atoms with E-state index in [0.29, 0.717) is 6.42 Å². The van der Waals surface area contributed by atoms with E-state index in [0.717, 1.165) is 12.8 Å².